The van der Waals surface area contributed by atoms with Gasteiger partial charge in [-0.2, -0.15) is 10.1 Å². The maximum Gasteiger partial charge on any atom is 0.226 e. The number of nitrogens with one attached hydrogen (secondary N) is 1. The largest absolute Gasteiger partial charge is 0.508 e. The third-order valence-corrected chi connectivity index (χ3v) is 5.72. The van der Waals surface area contributed by atoms with Crippen LogP contribution in [0.25, 0.3) is 0 Å². The summed E-state index contributed by atoms with van der Waals surface area (Å²) in [4.78, 5) is 17.6. The van der Waals surface area contributed by atoms with Crippen LogP contribution < -0.4 is 5.32 Å². The van der Waals surface area contributed by atoms with Crippen LogP contribution in [-0.4, -0.2) is 25.7 Å². The van der Waals surface area contributed by atoms with Crippen molar-refractivity contribution in [1.29, 1.82) is 0 Å². The predicted molar refractivity (Wildman–Crippen MR) is 105 cm³/mol. The smallest absolute Gasteiger partial charge is 0.226 e. The van der Waals surface area contributed by atoms with Crippen LogP contribution in [0.3, 0.4) is 0 Å². The van der Waals surface area contributed by atoms with Gasteiger partial charge in [0.1, 0.15) is 18.1 Å². The number of para-hydroxylation sites is 1. The minimum Gasteiger partial charge on any atom is -0.508 e. The molecule has 6 heteroatoms. The molecule has 1 aromatic heterocycles. The Morgan fingerprint density at radius 3 is 2.61 bits per heavy atom. The van der Waals surface area contributed by atoms with Crippen molar-refractivity contribution < 1.29 is 9.90 Å². The van der Waals surface area contributed by atoms with Gasteiger partial charge in [-0.05, 0) is 36.1 Å². The SMILES string of the molecule is Cc1ccccc1[C@H]1C2=C(C[C@@H](c3ccccc3O)CC2=O)Nc2ncnn21. The minimum absolute atomic E-state index is 0.0630. The Balaban J connectivity index is 1.63. The lowest BCUT2D eigenvalue weighted by atomic mass is 9.77. The molecule has 0 fully saturated rings. The lowest BCUT2D eigenvalue weighted by Gasteiger charge is -2.35. The van der Waals surface area contributed by atoms with E-state index in [0.717, 1.165) is 28.0 Å². The number of aromatic nitrogens is 3. The van der Waals surface area contributed by atoms with Crippen molar-refractivity contribution in [2.45, 2.75) is 31.7 Å². The fourth-order valence-electron chi connectivity index (χ4n) is 4.39. The van der Waals surface area contributed by atoms with Crippen LogP contribution in [0.5, 0.6) is 5.75 Å². The number of rotatable bonds is 2. The number of benzene rings is 2. The number of ketones is 1. The first-order chi connectivity index (χ1) is 13.6. The molecule has 0 amide bonds. The molecule has 2 aliphatic rings. The number of hydrogen-bond acceptors (Lipinski definition) is 5. The second-order valence-corrected chi connectivity index (χ2v) is 7.39. The number of fused-ring (bicyclic) bond motifs is 1. The summed E-state index contributed by atoms with van der Waals surface area (Å²) in [5.41, 5.74) is 4.59. The topological polar surface area (TPSA) is 80.0 Å². The fraction of sp³-hybridized carbons (Fsp3) is 0.227. The Morgan fingerprint density at radius 2 is 1.82 bits per heavy atom. The van der Waals surface area contributed by atoms with Gasteiger partial charge in [-0.3, -0.25) is 4.79 Å². The van der Waals surface area contributed by atoms with E-state index in [9.17, 15) is 9.90 Å². The average Bonchev–Trinajstić information content (AvgIpc) is 3.15. The first-order valence-electron chi connectivity index (χ1n) is 9.39. The summed E-state index contributed by atoms with van der Waals surface area (Å²) in [6.07, 6.45) is 2.52. The molecule has 140 valence electrons. The maximum absolute atomic E-state index is 13.3. The van der Waals surface area contributed by atoms with Crippen molar-refractivity contribution in [2.24, 2.45) is 0 Å². The molecule has 3 aromatic rings. The molecule has 1 aliphatic carbocycles. The highest BCUT2D eigenvalue weighted by atomic mass is 16.3. The summed E-state index contributed by atoms with van der Waals surface area (Å²) in [5.74, 6) is 0.889. The van der Waals surface area contributed by atoms with Gasteiger partial charge in [-0.15, -0.1) is 0 Å². The lowest BCUT2D eigenvalue weighted by Crippen LogP contribution is -2.33. The average molecular weight is 372 g/mol. The number of phenolic OH excluding ortho intramolecular Hbond substituents is 1. The molecule has 0 spiro atoms. The third kappa shape index (κ3) is 2.52. The van der Waals surface area contributed by atoms with Crippen molar-refractivity contribution in [3.05, 3.63) is 82.8 Å². The van der Waals surface area contributed by atoms with Gasteiger partial charge in [0.25, 0.3) is 0 Å². The van der Waals surface area contributed by atoms with Gasteiger partial charge in [0.15, 0.2) is 5.78 Å². The van der Waals surface area contributed by atoms with E-state index >= 15 is 0 Å². The monoisotopic (exact) mass is 372 g/mol. The Labute approximate surface area is 162 Å². The Kier molecular flexibility index (Phi) is 3.79. The molecule has 0 unspecified atom stereocenters. The van der Waals surface area contributed by atoms with Crippen LogP contribution in [0.2, 0.25) is 0 Å². The van der Waals surface area contributed by atoms with E-state index < -0.39 is 0 Å². The second kappa shape index (κ2) is 6.34. The van der Waals surface area contributed by atoms with E-state index in [1.54, 1.807) is 16.8 Å². The first-order valence-corrected chi connectivity index (χ1v) is 9.39. The van der Waals surface area contributed by atoms with E-state index in [1.807, 2.05) is 43.3 Å². The Morgan fingerprint density at radius 1 is 1.07 bits per heavy atom. The first kappa shape index (κ1) is 16.7. The molecule has 2 aromatic carbocycles. The summed E-state index contributed by atoms with van der Waals surface area (Å²) in [7, 11) is 0. The minimum atomic E-state index is -0.284. The molecule has 2 N–H and O–H groups in total. The molecule has 2 heterocycles. The molecule has 2 atom stereocenters. The summed E-state index contributed by atoms with van der Waals surface area (Å²) in [5, 5.41) is 18.0. The standard InChI is InChI=1S/C22H20N4O2/c1-13-6-2-3-7-15(13)21-20-17(25-22-23-12-24-26(21)22)10-14(11-19(20)28)16-8-4-5-9-18(16)27/h2-9,12,14,21,27H,10-11H2,1H3,(H,23,24,25)/t14-,21+/m1/s1. The summed E-state index contributed by atoms with van der Waals surface area (Å²) >= 11 is 0. The zero-order valence-electron chi connectivity index (χ0n) is 15.5. The number of carbonyl (C=O) groups excluding carboxylic acids is 1. The molecule has 6 nitrogen and oxygen atoms in total. The number of nitrogens with zero attached hydrogens (tertiary/aromatic N) is 3. The van der Waals surface area contributed by atoms with Gasteiger partial charge in [-0.25, -0.2) is 4.68 Å². The predicted octanol–water partition coefficient (Wildman–Crippen LogP) is 3.71. The lowest BCUT2D eigenvalue weighted by molar-refractivity contribution is -0.116. The number of hydrogen-bond donors (Lipinski definition) is 2. The molecular formula is C22H20N4O2. The molecule has 0 bridgehead atoms. The molecule has 0 radical (unpaired) electrons. The molecular weight excluding hydrogens is 352 g/mol. The fourth-order valence-corrected chi connectivity index (χ4v) is 4.39. The normalized spacial score (nSPS) is 21.1. The molecule has 0 saturated heterocycles. The highest BCUT2D eigenvalue weighted by Gasteiger charge is 2.40. The van der Waals surface area contributed by atoms with Crippen molar-refractivity contribution >= 4 is 11.7 Å². The zero-order chi connectivity index (χ0) is 19.3. The van der Waals surface area contributed by atoms with Crippen molar-refractivity contribution in [3.8, 4) is 5.75 Å². The highest BCUT2D eigenvalue weighted by Crippen LogP contribution is 2.45. The van der Waals surface area contributed by atoms with Gasteiger partial charge < -0.3 is 10.4 Å². The van der Waals surface area contributed by atoms with Crippen molar-refractivity contribution in [2.75, 3.05) is 5.32 Å². The van der Waals surface area contributed by atoms with E-state index in [2.05, 4.69) is 15.4 Å². The van der Waals surface area contributed by atoms with Crippen LogP contribution in [0.4, 0.5) is 5.95 Å². The second-order valence-electron chi connectivity index (χ2n) is 7.39. The number of carbonyl (C=O) groups is 1. The number of aryl methyl sites for hydroxylation is 1. The number of anilines is 1. The van der Waals surface area contributed by atoms with Crippen LogP contribution in [-0.2, 0) is 4.79 Å². The number of aromatic hydroxyl groups is 1. The van der Waals surface area contributed by atoms with Crippen LogP contribution in [0.15, 0.2) is 66.1 Å². The highest BCUT2D eigenvalue weighted by molar-refractivity contribution is 6.00. The number of Topliss-reactive ketones (excluding diaryl/α,β-unsaturated/α-hetero) is 1. The number of allylic oxidation sites excluding steroid dienone is 2. The quantitative estimate of drug-likeness (QED) is 0.717. The van der Waals surface area contributed by atoms with Gasteiger partial charge in [-0.1, -0.05) is 42.5 Å². The number of phenols is 1. The summed E-state index contributed by atoms with van der Waals surface area (Å²) in [6, 6.07) is 15.0. The van der Waals surface area contributed by atoms with Gasteiger partial charge in [0.05, 0.1) is 0 Å². The Hall–Kier alpha value is -3.41. The van der Waals surface area contributed by atoms with E-state index in [-0.39, 0.29) is 23.5 Å². The van der Waals surface area contributed by atoms with Gasteiger partial charge in [0, 0.05) is 23.6 Å². The van der Waals surface area contributed by atoms with E-state index in [1.165, 1.54) is 6.33 Å². The van der Waals surface area contributed by atoms with E-state index in [0.29, 0.717) is 18.8 Å². The van der Waals surface area contributed by atoms with Crippen LogP contribution >= 0.6 is 0 Å². The molecule has 28 heavy (non-hydrogen) atoms. The third-order valence-electron chi connectivity index (χ3n) is 5.72. The van der Waals surface area contributed by atoms with Crippen molar-refractivity contribution in [3.63, 3.8) is 0 Å². The molecule has 0 saturated carbocycles. The summed E-state index contributed by atoms with van der Waals surface area (Å²) < 4.78 is 1.79. The van der Waals surface area contributed by atoms with Crippen LogP contribution in [0.1, 0.15) is 41.5 Å². The zero-order valence-corrected chi connectivity index (χ0v) is 15.5. The van der Waals surface area contributed by atoms with Crippen LogP contribution in [0, 0.1) is 6.92 Å². The van der Waals surface area contributed by atoms with Gasteiger partial charge in [0.2, 0.25) is 5.95 Å². The van der Waals surface area contributed by atoms with Gasteiger partial charge >= 0.3 is 0 Å². The molecule has 1 aliphatic heterocycles. The molecule has 5 rings (SSSR count). The van der Waals surface area contributed by atoms with E-state index in [4.69, 9.17) is 0 Å². The summed E-state index contributed by atoms with van der Waals surface area (Å²) in [6.45, 7) is 2.05. The Bertz CT molecular complexity index is 1110. The van der Waals surface area contributed by atoms with Crippen molar-refractivity contribution in [1.82, 2.24) is 14.8 Å². The maximum atomic E-state index is 13.3.